The van der Waals surface area contributed by atoms with Crippen LogP contribution in [0.4, 0.5) is 0 Å². The van der Waals surface area contributed by atoms with Crippen molar-refractivity contribution in [3.8, 4) is 0 Å². The van der Waals surface area contributed by atoms with E-state index >= 15 is 0 Å². The molecule has 1 unspecified atom stereocenters. The van der Waals surface area contributed by atoms with Crippen LogP contribution in [0.3, 0.4) is 0 Å². The van der Waals surface area contributed by atoms with Crippen LogP contribution in [0, 0.1) is 6.92 Å². The first kappa shape index (κ1) is 9.93. The Morgan fingerprint density at radius 3 is 2.62 bits per heavy atom. The molecule has 0 heterocycles. The molecule has 0 fully saturated rings. The molecule has 1 rings (SSSR count). The van der Waals surface area contributed by atoms with E-state index in [0.29, 0.717) is 6.42 Å². The molecule has 70 valence electrons. The summed E-state index contributed by atoms with van der Waals surface area (Å²) < 4.78 is 0. The molecule has 0 bridgehead atoms. The molecule has 0 saturated carbocycles. The Morgan fingerprint density at radius 2 is 2.08 bits per heavy atom. The highest BCUT2D eigenvalue weighted by Crippen LogP contribution is 2.17. The highest BCUT2D eigenvalue weighted by molar-refractivity contribution is 5.76. The SMILES string of the molecule is CC(=O)CC(N)c1ccccc1C. The molecule has 13 heavy (non-hydrogen) atoms. The molecule has 0 aliphatic carbocycles. The van der Waals surface area contributed by atoms with E-state index in [0.717, 1.165) is 11.1 Å². The van der Waals surface area contributed by atoms with Gasteiger partial charge in [0, 0.05) is 12.5 Å². The summed E-state index contributed by atoms with van der Waals surface area (Å²) in [6.45, 7) is 3.58. The number of ketones is 1. The summed E-state index contributed by atoms with van der Waals surface area (Å²) in [6, 6.07) is 7.75. The molecule has 0 amide bonds. The first-order chi connectivity index (χ1) is 6.11. The van der Waals surface area contributed by atoms with Gasteiger partial charge in [-0.25, -0.2) is 0 Å². The van der Waals surface area contributed by atoms with Gasteiger partial charge in [-0.05, 0) is 25.0 Å². The van der Waals surface area contributed by atoms with E-state index in [4.69, 9.17) is 5.73 Å². The Labute approximate surface area is 78.8 Å². The Hall–Kier alpha value is -1.15. The quantitative estimate of drug-likeness (QED) is 0.767. The van der Waals surface area contributed by atoms with E-state index in [9.17, 15) is 4.79 Å². The zero-order valence-corrected chi connectivity index (χ0v) is 8.08. The molecule has 0 spiro atoms. The summed E-state index contributed by atoms with van der Waals surface area (Å²) in [5.41, 5.74) is 8.09. The Kier molecular flexibility index (Phi) is 3.20. The maximum absolute atomic E-state index is 10.9. The van der Waals surface area contributed by atoms with Gasteiger partial charge in [0.1, 0.15) is 5.78 Å². The van der Waals surface area contributed by atoms with Crippen LogP contribution < -0.4 is 5.73 Å². The zero-order valence-electron chi connectivity index (χ0n) is 8.08. The standard InChI is InChI=1S/C11H15NO/c1-8-5-3-4-6-10(8)11(12)7-9(2)13/h3-6,11H,7,12H2,1-2H3. The van der Waals surface area contributed by atoms with Crippen molar-refractivity contribution in [2.75, 3.05) is 0 Å². The lowest BCUT2D eigenvalue weighted by Crippen LogP contribution is -2.14. The average Bonchev–Trinajstić information content (AvgIpc) is 2.03. The first-order valence-corrected chi connectivity index (χ1v) is 4.42. The van der Waals surface area contributed by atoms with Gasteiger partial charge in [0.15, 0.2) is 0 Å². The summed E-state index contributed by atoms with van der Waals surface area (Å²) in [5, 5.41) is 0. The number of nitrogens with two attached hydrogens (primary N) is 1. The third-order valence-corrected chi connectivity index (χ3v) is 2.10. The lowest BCUT2D eigenvalue weighted by molar-refractivity contribution is -0.117. The molecule has 0 aliphatic rings. The number of hydrogen-bond donors (Lipinski definition) is 1. The summed E-state index contributed by atoms with van der Waals surface area (Å²) in [6.07, 6.45) is 0.421. The van der Waals surface area contributed by atoms with Crippen LogP contribution in [-0.4, -0.2) is 5.78 Å². The number of Topliss-reactive ketones (excluding diaryl/α,β-unsaturated/α-hetero) is 1. The van der Waals surface area contributed by atoms with Gasteiger partial charge in [-0.1, -0.05) is 24.3 Å². The maximum Gasteiger partial charge on any atom is 0.131 e. The van der Waals surface area contributed by atoms with E-state index in [1.165, 1.54) is 0 Å². The van der Waals surface area contributed by atoms with Gasteiger partial charge in [-0.2, -0.15) is 0 Å². The third kappa shape index (κ3) is 2.67. The number of carbonyl (C=O) groups excluding carboxylic acids is 1. The smallest absolute Gasteiger partial charge is 0.131 e. The second kappa shape index (κ2) is 4.19. The molecular weight excluding hydrogens is 162 g/mol. The molecule has 1 aromatic rings. The maximum atomic E-state index is 10.9. The molecular formula is C11H15NO. The number of carbonyl (C=O) groups is 1. The first-order valence-electron chi connectivity index (χ1n) is 4.42. The van der Waals surface area contributed by atoms with Gasteiger partial charge < -0.3 is 5.73 Å². The van der Waals surface area contributed by atoms with E-state index in [1.54, 1.807) is 6.92 Å². The van der Waals surface area contributed by atoms with Crippen molar-refractivity contribution in [3.63, 3.8) is 0 Å². The highest BCUT2D eigenvalue weighted by atomic mass is 16.1. The molecule has 0 aliphatic heterocycles. The summed E-state index contributed by atoms with van der Waals surface area (Å²) >= 11 is 0. The van der Waals surface area contributed by atoms with Crippen molar-refractivity contribution in [2.24, 2.45) is 5.73 Å². The Morgan fingerprint density at radius 1 is 1.46 bits per heavy atom. The fourth-order valence-corrected chi connectivity index (χ4v) is 1.42. The minimum absolute atomic E-state index is 0.135. The van der Waals surface area contributed by atoms with Gasteiger partial charge in [0.05, 0.1) is 0 Å². The van der Waals surface area contributed by atoms with Gasteiger partial charge in [0.25, 0.3) is 0 Å². The molecule has 0 aromatic heterocycles. The van der Waals surface area contributed by atoms with Crippen molar-refractivity contribution < 1.29 is 4.79 Å². The molecule has 0 radical (unpaired) electrons. The fourth-order valence-electron chi connectivity index (χ4n) is 1.42. The monoisotopic (exact) mass is 177 g/mol. The molecule has 2 nitrogen and oxygen atoms in total. The van der Waals surface area contributed by atoms with Crippen LogP contribution in [0.25, 0.3) is 0 Å². The summed E-state index contributed by atoms with van der Waals surface area (Å²) in [5.74, 6) is 0.135. The third-order valence-electron chi connectivity index (χ3n) is 2.10. The normalized spacial score (nSPS) is 12.5. The lowest BCUT2D eigenvalue weighted by atomic mass is 9.98. The highest BCUT2D eigenvalue weighted by Gasteiger charge is 2.09. The van der Waals surface area contributed by atoms with Crippen LogP contribution in [0.1, 0.15) is 30.5 Å². The Balaban J connectivity index is 2.82. The largest absolute Gasteiger partial charge is 0.324 e. The van der Waals surface area contributed by atoms with Crippen molar-refractivity contribution in [2.45, 2.75) is 26.3 Å². The number of hydrogen-bond acceptors (Lipinski definition) is 2. The Bertz CT molecular complexity index is 307. The molecule has 1 atom stereocenters. The van der Waals surface area contributed by atoms with Crippen LogP contribution in [0.5, 0.6) is 0 Å². The van der Waals surface area contributed by atoms with Crippen LogP contribution in [0.15, 0.2) is 24.3 Å². The minimum Gasteiger partial charge on any atom is -0.324 e. The van der Waals surface area contributed by atoms with Gasteiger partial charge in [0.2, 0.25) is 0 Å². The molecule has 2 N–H and O–H groups in total. The van der Waals surface area contributed by atoms with Gasteiger partial charge in [-0.3, -0.25) is 4.79 Å². The zero-order chi connectivity index (χ0) is 9.84. The van der Waals surface area contributed by atoms with Crippen LogP contribution >= 0.6 is 0 Å². The lowest BCUT2D eigenvalue weighted by Gasteiger charge is -2.12. The van der Waals surface area contributed by atoms with E-state index in [1.807, 2.05) is 31.2 Å². The predicted octanol–water partition coefficient (Wildman–Crippen LogP) is 1.97. The predicted molar refractivity (Wildman–Crippen MR) is 53.4 cm³/mol. The fraction of sp³-hybridized carbons (Fsp3) is 0.364. The number of rotatable bonds is 3. The van der Waals surface area contributed by atoms with Gasteiger partial charge >= 0.3 is 0 Å². The topological polar surface area (TPSA) is 43.1 Å². The number of aryl methyl sites for hydroxylation is 1. The van der Waals surface area contributed by atoms with E-state index in [2.05, 4.69) is 0 Å². The second-order valence-electron chi connectivity index (χ2n) is 3.37. The number of benzene rings is 1. The van der Waals surface area contributed by atoms with Crippen molar-refractivity contribution in [3.05, 3.63) is 35.4 Å². The minimum atomic E-state index is -0.154. The summed E-state index contributed by atoms with van der Waals surface area (Å²) in [7, 11) is 0. The van der Waals surface area contributed by atoms with Crippen molar-refractivity contribution >= 4 is 5.78 Å². The molecule has 1 aromatic carbocycles. The summed E-state index contributed by atoms with van der Waals surface area (Å²) in [4.78, 5) is 10.9. The van der Waals surface area contributed by atoms with E-state index < -0.39 is 0 Å². The molecule has 0 saturated heterocycles. The van der Waals surface area contributed by atoms with Crippen molar-refractivity contribution in [1.29, 1.82) is 0 Å². The van der Waals surface area contributed by atoms with Gasteiger partial charge in [-0.15, -0.1) is 0 Å². The molecule has 2 heteroatoms. The van der Waals surface area contributed by atoms with Crippen LogP contribution in [-0.2, 0) is 4.79 Å². The van der Waals surface area contributed by atoms with E-state index in [-0.39, 0.29) is 11.8 Å². The van der Waals surface area contributed by atoms with Crippen molar-refractivity contribution in [1.82, 2.24) is 0 Å². The van der Waals surface area contributed by atoms with Crippen LogP contribution in [0.2, 0.25) is 0 Å². The second-order valence-corrected chi connectivity index (χ2v) is 3.37. The average molecular weight is 177 g/mol.